The van der Waals surface area contributed by atoms with Crippen LogP contribution >= 0.6 is 23.2 Å². The highest BCUT2D eigenvalue weighted by molar-refractivity contribution is 6.42. The standard InChI is InChI=1S/C7H7Cl2NO2/c1-11-4-3-10-7(9)5(8)6(4)12-2/h3H,1-2H3. The van der Waals surface area contributed by atoms with Crippen molar-refractivity contribution in [3.63, 3.8) is 0 Å². The molecule has 12 heavy (non-hydrogen) atoms. The Kier molecular flexibility index (Phi) is 3.00. The van der Waals surface area contributed by atoms with Gasteiger partial charge in [-0.2, -0.15) is 0 Å². The van der Waals surface area contributed by atoms with Crippen molar-refractivity contribution < 1.29 is 9.47 Å². The molecule has 0 atom stereocenters. The second-order valence-electron chi connectivity index (χ2n) is 1.96. The van der Waals surface area contributed by atoms with Crippen LogP contribution in [0.3, 0.4) is 0 Å². The Morgan fingerprint density at radius 1 is 1.25 bits per heavy atom. The van der Waals surface area contributed by atoms with Crippen molar-refractivity contribution in [1.82, 2.24) is 4.98 Å². The second kappa shape index (κ2) is 3.83. The molecule has 0 N–H and O–H groups in total. The lowest BCUT2D eigenvalue weighted by molar-refractivity contribution is 0.353. The monoisotopic (exact) mass is 207 g/mol. The highest BCUT2D eigenvalue weighted by atomic mass is 35.5. The third-order valence-corrected chi connectivity index (χ3v) is 2.06. The van der Waals surface area contributed by atoms with Crippen molar-refractivity contribution in [2.24, 2.45) is 0 Å². The molecule has 0 radical (unpaired) electrons. The van der Waals surface area contributed by atoms with Crippen LogP contribution in [-0.4, -0.2) is 19.2 Å². The van der Waals surface area contributed by atoms with Gasteiger partial charge in [0.05, 0.1) is 20.4 Å². The summed E-state index contributed by atoms with van der Waals surface area (Å²) in [6, 6.07) is 0. The number of hydrogen-bond acceptors (Lipinski definition) is 3. The second-order valence-corrected chi connectivity index (χ2v) is 2.70. The number of halogens is 2. The van der Waals surface area contributed by atoms with E-state index in [-0.39, 0.29) is 10.2 Å². The summed E-state index contributed by atoms with van der Waals surface area (Å²) < 4.78 is 9.91. The van der Waals surface area contributed by atoms with E-state index in [1.165, 1.54) is 20.4 Å². The maximum Gasteiger partial charge on any atom is 0.184 e. The first-order valence-electron chi connectivity index (χ1n) is 3.12. The largest absolute Gasteiger partial charge is 0.491 e. The van der Waals surface area contributed by atoms with Crippen LogP contribution in [0.5, 0.6) is 11.5 Å². The molecule has 66 valence electrons. The highest BCUT2D eigenvalue weighted by Crippen LogP contribution is 2.37. The molecule has 1 heterocycles. The van der Waals surface area contributed by atoms with Crippen LogP contribution in [0.15, 0.2) is 6.20 Å². The fourth-order valence-electron chi connectivity index (χ4n) is 0.768. The quantitative estimate of drug-likeness (QED) is 0.699. The molecule has 0 aliphatic carbocycles. The minimum Gasteiger partial charge on any atom is -0.491 e. The molecule has 3 nitrogen and oxygen atoms in total. The Hall–Kier alpha value is -0.670. The van der Waals surface area contributed by atoms with Crippen molar-refractivity contribution in [1.29, 1.82) is 0 Å². The Bertz CT molecular complexity index is 291. The van der Waals surface area contributed by atoms with E-state index in [0.29, 0.717) is 11.5 Å². The molecule has 0 bridgehead atoms. The van der Waals surface area contributed by atoms with Crippen LogP contribution in [0.1, 0.15) is 0 Å². The van der Waals surface area contributed by atoms with E-state index in [4.69, 9.17) is 32.7 Å². The number of hydrogen-bond donors (Lipinski definition) is 0. The fourth-order valence-corrected chi connectivity index (χ4v) is 1.12. The zero-order chi connectivity index (χ0) is 9.14. The first kappa shape index (κ1) is 9.42. The summed E-state index contributed by atoms with van der Waals surface area (Å²) in [4.78, 5) is 3.79. The third-order valence-electron chi connectivity index (χ3n) is 1.32. The Balaban J connectivity index is 3.25. The van der Waals surface area contributed by atoms with Gasteiger partial charge in [0.2, 0.25) is 0 Å². The molecule has 0 aliphatic rings. The predicted octanol–water partition coefficient (Wildman–Crippen LogP) is 2.41. The average molecular weight is 208 g/mol. The van der Waals surface area contributed by atoms with Gasteiger partial charge in [0.15, 0.2) is 16.7 Å². The zero-order valence-corrected chi connectivity index (χ0v) is 8.11. The summed E-state index contributed by atoms with van der Waals surface area (Å²) in [7, 11) is 2.99. The molecule has 0 saturated carbocycles. The van der Waals surface area contributed by atoms with Gasteiger partial charge in [-0.25, -0.2) is 4.98 Å². The molecule has 0 fully saturated rings. The van der Waals surface area contributed by atoms with Gasteiger partial charge in [0.25, 0.3) is 0 Å². The SMILES string of the molecule is COc1cnc(Cl)c(Cl)c1OC. The summed E-state index contributed by atoms with van der Waals surface area (Å²) in [5.41, 5.74) is 0. The predicted molar refractivity (Wildman–Crippen MR) is 47.4 cm³/mol. The fraction of sp³-hybridized carbons (Fsp3) is 0.286. The number of methoxy groups -OCH3 is 2. The normalized spacial score (nSPS) is 9.67. The average Bonchev–Trinajstić information content (AvgIpc) is 2.09. The summed E-state index contributed by atoms with van der Waals surface area (Å²) in [6.45, 7) is 0. The molecule has 0 aromatic carbocycles. The maximum atomic E-state index is 5.78. The minimum atomic E-state index is 0.203. The molecular formula is C7H7Cl2NO2. The topological polar surface area (TPSA) is 31.4 Å². The van der Waals surface area contributed by atoms with E-state index < -0.39 is 0 Å². The van der Waals surface area contributed by atoms with Crippen LogP contribution in [0, 0.1) is 0 Å². The number of pyridine rings is 1. The van der Waals surface area contributed by atoms with Gasteiger partial charge in [-0.05, 0) is 0 Å². The van der Waals surface area contributed by atoms with E-state index in [9.17, 15) is 0 Å². The number of rotatable bonds is 2. The van der Waals surface area contributed by atoms with Crippen LogP contribution < -0.4 is 9.47 Å². The number of ether oxygens (including phenoxy) is 2. The van der Waals surface area contributed by atoms with E-state index in [1.54, 1.807) is 0 Å². The van der Waals surface area contributed by atoms with E-state index in [2.05, 4.69) is 4.98 Å². The molecule has 0 amide bonds. The number of aromatic nitrogens is 1. The molecule has 5 heteroatoms. The van der Waals surface area contributed by atoms with E-state index in [1.807, 2.05) is 0 Å². The molecule has 0 unspecified atom stereocenters. The Morgan fingerprint density at radius 2 is 1.92 bits per heavy atom. The van der Waals surface area contributed by atoms with Gasteiger partial charge >= 0.3 is 0 Å². The van der Waals surface area contributed by atoms with Gasteiger partial charge in [-0.3, -0.25) is 0 Å². The van der Waals surface area contributed by atoms with Crippen molar-refractivity contribution in [3.8, 4) is 11.5 Å². The molecular weight excluding hydrogens is 201 g/mol. The van der Waals surface area contributed by atoms with Crippen molar-refractivity contribution in [3.05, 3.63) is 16.4 Å². The van der Waals surface area contributed by atoms with Crippen LogP contribution in [0.4, 0.5) is 0 Å². The van der Waals surface area contributed by atoms with Gasteiger partial charge in [0.1, 0.15) is 5.02 Å². The Morgan fingerprint density at radius 3 is 2.42 bits per heavy atom. The lowest BCUT2D eigenvalue weighted by Crippen LogP contribution is -1.92. The van der Waals surface area contributed by atoms with Gasteiger partial charge in [-0.15, -0.1) is 0 Å². The maximum absolute atomic E-state index is 5.78. The van der Waals surface area contributed by atoms with Crippen molar-refractivity contribution in [2.75, 3.05) is 14.2 Å². The number of nitrogens with zero attached hydrogens (tertiary/aromatic N) is 1. The van der Waals surface area contributed by atoms with Crippen molar-refractivity contribution in [2.45, 2.75) is 0 Å². The summed E-state index contributed by atoms with van der Waals surface area (Å²) in [5.74, 6) is 0.867. The Labute approximate surface area is 80.2 Å². The van der Waals surface area contributed by atoms with Gasteiger partial charge in [-0.1, -0.05) is 23.2 Å². The summed E-state index contributed by atoms with van der Waals surface area (Å²) in [5, 5.41) is 0.466. The highest BCUT2D eigenvalue weighted by Gasteiger charge is 2.12. The zero-order valence-electron chi connectivity index (χ0n) is 6.60. The summed E-state index contributed by atoms with van der Waals surface area (Å²) >= 11 is 11.4. The minimum absolute atomic E-state index is 0.203. The first-order chi connectivity index (χ1) is 5.70. The lowest BCUT2D eigenvalue weighted by atomic mass is 10.4. The van der Waals surface area contributed by atoms with Gasteiger partial charge < -0.3 is 9.47 Å². The smallest absolute Gasteiger partial charge is 0.184 e. The molecule has 1 rings (SSSR count). The molecule has 0 spiro atoms. The summed E-state index contributed by atoms with van der Waals surface area (Å²) in [6.07, 6.45) is 1.45. The lowest BCUT2D eigenvalue weighted by Gasteiger charge is -2.08. The van der Waals surface area contributed by atoms with Gasteiger partial charge in [0, 0.05) is 0 Å². The van der Waals surface area contributed by atoms with Crippen LogP contribution in [0.25, 0.3) is 0 Å². The van der Waals surface area contributed by atoms with Crippen molar-refractivity contribution >= 4 is 23.2 Å². The molecule has 0 saturated heterocycles. The van der Waals surface area contributed by atoms with E-state index >= 15 is 0 Å². The third kappa shape index (κ3) is 1.57. The first-order valence-corrected chi connectivity index (χ1v) is 3.88. The molecule has 0 aliphatic heterocycles. The molecule has 1 aromatic heterocycles. The van der Waals surface area contributed by atoms with Crippen LogP contribution in [0.2, 0.25) is 10.2 Å². The van der Waals surface area contributed by atoms with Crippen LogP contribution in [-0.2, 0) is 0 Å². The van der Waals surface area contributed by atoms with E-state index in [0.717, 1.165) is 0 Å². The molecule has 1 aromatic rings.